The topological polar surface area (TPSA) is 58.5 Å². The summed E-state index contributed by atoms with van der Waals surface area (Å²) >= 11 is 5.37. The van der Waals surface area contributed by atoms with Crippen molar-refractivity contribution >= 4 is 29.0 Å². The Balaban J connectivity index is 2.09. The number of rotatable bonds is 7. The zero-order chi connectivity index (χ0) is 13.5. The number of nitrogens with zero attached hydrogens (tertiary/aromatic N) is 1. The summed E-state index contributed by atoms with van der Waals surface area (Å²) in [7, 11) is 0. The van der Waals surface area contributed by atoms with E-state index in [1.807, 2.05) is 20.1 Å². The van der Waals surface area contributed by atoms with Gasteiger partial charge in [-0.2, -0.15) is 0 Å². The van der Waals surface area contributed by atoms with Gasteiger partial charge in [0.15, 0.2) is 0 Å². The van der Waals surface area contributed by atoms with Crippen LogP contribution in [0.4, 0.5) is 0 Å². The molecule has 4 nitrogen and oxygen atoms in total. The number of unbranched alkanes of at least 4 members (excludes halogenated alkanes) is 1. The molecule has 0 aromatic heterocycles. The molecule has 0 radical (unpaired) electrons. The van der Waals surface area contributed by atoms with Crippen molar-refractivity contribution in [2.45, 2.75) is 45.6 Å². The van der Waals surface area contributed by atoms with Gasteiger partial charge in [0.2, 0.25) is 11.1 Å². The molecule has 0 unspecified atom stereocenters. The van der Waals surface area contributed by atoms with Gasteiger partial charge in [0.25, 0.3) is 0 Å². The maximum atomic E-state index is 11.8. The molecule has 0 bridgehead atoms. The number of hydrogen-bond donors (Lipinski definition) is 1. The van der Waals surface area contributed by atoms with Gasteiger partial charge in [-0.05, 0) is 36.8 Å². The largest absolute Gasteiger partial charge is 0.354 e. The van der Waals surface area contributed by atoms with Crippen LogP contribution in [-0.2, 0) is 9.59 Å². The second-order valence-electron chi connectivity index (χ2n) is 4.98. The van der Waals surface area contributed by atoms with Crippen molar-refractivity contribution in [3.8, 4) is 0 Å². The monoisotopic (exact) mass is 272 g/mol. The Morgan fingerprint density at radius 2 is 2.22 bits per heavy atom. The molecule has 1 aliphatic rings. The number of nitrogens with one attached hydrogen (secondary N) is 1. The first-order chi connectivity index (χ1) is 8.52. The predicted molar refractivity (Wildman–Crippen MR) is 72.9 cm³/mol. The standard InChI is InChI=1S/C13H21ClN2O2/c1-9-6-8-15-11(9)13(18)16-7-4-3-5-10(2)12(14)17/h8-11H,3-7H2,1-2H3,(H,16,18)/t9-,10+,11-/m0/s1. The molecule has 1 rings (SSSR count). The van der Waals surface area contributed by atoms with Gasteiger partial charge < -0.3 is 5.32 Å². The van der Waals surface area contributed by atoms with E-state index in [1.165, 1.54) is 0 Å². The van der Waals surface area contributed by atoms with Gasteiger partial charge in [-0.1, -0.05) is 20.3 Å². The lowest BCUT2D eigenvalue weighted by atomic mass is 10.0. The van der Waals surface area contributed by atoms with E-state index in [0.29, 0.717) is 12.5 Å². The molecule has 1 heterocycles. The van der Waals surface area contributed by atoms with Gasteiger partial charge >= 0.3 is 0 Å². The molecule has 1 N–H and O–H groups in total. The minimum absolute atomic E-state index is 0.0118. The molecule has 0 aromatic rings. The summed E-state index contributed by atoms with van der Waals surface area (Å²) < 4.78 is 0. The SMILES string of the molecule is C[C@H](CCCCNC(=O)[C@H]1N=CC[C@@H]1C)C(=O)Cl. The molecule has 102 valence electrons. The molecule has 0 saturated carbocycles. The highest BCUT2D eigenvalue weighted by molar-refractivity contribution is 6.63. The van der Waals surface area contributed by atoms with E-state index in [4.69, 9.17) is 11.6 Å². The molecule has 0 aliphatic carbocycles. The van der Waals surface area contributed by atoms with Crippen LogP contribution in [0, 0.1) is 11.8 Å². The third-order valence-electron chi connectivity index (χ3n) is 3.30. The van der Waals surface area contributed by atoms with E-state index in [-0.39, 0.29) is 23.1 Å². The highest BCUT2D eigenvalue weighted by Gasteiger charge is 2.26. The fourth-order valence-electron chi connectivity index (χ4n) is 1.95. The Kier molecular flexibility index (Phi) is 6.33. The predicted octanol–water partition coefficient (Wildman–Crippen LogP) is 2.15. The number of hydrogen-bond acceptors (Lipinski definition) is 3. The van der Waals surface area contributed by atoms with Gasteiger partial charge in [-0.25, -0.2) is 0 Å². The number of aliphatic imine (C=N–C) groups is 1. The summed E-state index contributed by atoms with van der Waals surface area (Å²) in [6, 6.07) is -0.214. The van der Waals surface area contributed by atoms with Crippen LogP contribution in [-0.4, -0.2) is 30.0 Å². The van der Waals surface area contributed by atoms with Crippen molar-refractivity contribution in [2.24, 2.45) is 16.8 Å². The van der Waals surface area contributed by atoms with Gasteiger partial charge in [-0.15, -0.1) is 0 Å². The first-order valence-electron chi connectivity index (χ1n) is 6.51. The summed E-state index contributed by atoms with van der Waals surface area (Å²) in [5, 5.41) is 2.60. The van der Waals surface area contributed by atoms with Crippen molar-refractivity contribution < 1.29 is 9.59 Å². The van der Waals surface area contributed by atoms with Crippen LogP contribution in [0.1, 0.15) is 39.5 Å². The fourth-order valence-corrected chi connectivity index (χ4v) is 2.06. The lowest BCUT2D eigenvalue weighted by Crippen LogP contribution is -2.36. The summed E-state index contributed by atoms with van der Waals surface area (Å²) in [6.07, 6.45) is 5.24. The van der Waals surface area contributed by atoms with E-state index >= 15 is 0 Å². The second-order valence-corrected chi connectivity index (χ2v) is 5.35. The molecule has 5 heteroatoms. The van der Waals surface area contributed by atoms with E-state index in [9.17, 15) is 9.59 Å². The first-order valence-corrected chi connectivity index (χ1v) is 6.89. The number of carbonyl (C=O) groups is 2. The van der Waals surface area contributed by atoms with Crippen molar-refractivity contribution in [2.75, 3.05) is 6.54 Å². The smallest absolute Gasteiger partial charge is 0.245 e. The molecule has 1 aliphatic heterocycles. The van der Waals surface area contributed by atoms with Crippen molar-refractivity contribution in [1.82, 2.24) is 5.32 Å². The van der Waals surface area contributed by atoms with Gasteiger partial charge in [0, 0.05) is 18.7 Å². The molecule has 1 amide bonds. The maximum absolute atomic E-state index is 11.8. The lowest BCUT2D eigenvalue weighted by molar-refractivity contribution is -0.123. The normalized spacial score (nSPS) is 23.9. The van der Waals surface area contributed by atoms with Crippen molar-refractivity contribution in [3.05, 3.63) is 0 Å². The third kappa shape index (κ3) is 4.77. The summed E-state index contributed by atoms with van der Waals surface area (Å²) in [4.78, 5) is 26.7. The highest BCUT2D eigenvalue weighted by Crippen LogP contribution is 2.16. The quantitative estimate of drug-likeness (QED) is 0.570. The van der Waals surface area contributed by atoms with Gasteiger partial charge in [-0.3, -0.25) is 14.6 Å². The minimum Gasteiger partial charge on any atom is -0.354 e. The average molecular weight is 273 g/mol. The molecule has 0 spiro atoms. The number of amides is 1. The number of halogens is 1. The molecular weight excluding hydrogens is 252 g/mol. The van der Waals surface area contributed by atoms with Crippen LogP contribution in [0.2, 0.25) is 0 Å². The summed E-state index contributed by atoms with van der Waals surface area (Å²) in [6.45, 7) is 4.49. The van der Waals surface area contributed by atoms with Crippen LogP contribution in [0.25, 0.3) is 0 Å². The van der Waals surface area contributed by atoms with Crippen LogP contribution >= 0.6 is 11.6 Å². The molecule has 0 fully saturated rings. The zero-order valence-corrected chi connectivity index (χ0v) is 11.7. The zero-order valence-electron chi connectivity index (χ0n) is 11.0. The summed E-state index contributed by atoms with van der Waals surface area (Å²) in [5.74, 6) is 0.221. The third-order valence-corrected chi connectivity index (χ3v) is 3.67. The maximum Gasteiger partial charge on any atom is 0.245 e. The highest BCUT2D eigenvalue weighted by atomic mass is 35.5. The van der Waals surface area contributed by atoms with E-state index < -0.39 is 0 Å². The Morgan fingerprint density at radius 3 is 2.78 bits per heavy atom. The molecule has 0 saturated heterocycles. The molecular formula is C13H21ClN2O2. The number of carbonyl (C=O) groups excluding carboxylic acids is 2. The minimum atomic E-state index is -0.284. The van der Waals surface area contributed by atoms with Crippen LogP contribution < -0.4 is 5.32 Å². The van der Waals surface area contributed by atoms with Crippen LogP contribution in [0.15, 0.2) is 4.99 Å². The molecule has 18 heavy (non-hydrogen) atoms. The Morgan fingerprint density at radius 1 is 1.50 bits per heavy atom. The Hall–Kier alpha value is -0.900. The van der Waals surface area contributed by atoms with Crippen molar-refractivity contribution in [1.29, 1.82) is 0 Å². The first kappa shape index (κ1) is 15.2. The fraction of sp³-hybridized carbons (Fsp3) is 0.769. The lowest BCUT2D eigenvalue weighted by Gasteiger charge is -2.13. The van der Waals surface area contributed by atoms with Crippen molar-refractivity contribution in [3.63, 3.8) is 0 Å². The van der Waals surface area contributed by atoms with Crippen LogP contribution in [0.5, 0.6) is 0 Å². The van der Waals surface area contributed by atoms with Gasteiger partial charge in [0.05, 0.1) is 0 Å². The van der Waals surface area contributed by atoms with E-state index in [2.05, 4.69) is 10.3 Å². The second kappa shape index (κ2) is 7.52. The molecule has 3 atom stereocenters. The Bertz CT molecular complexity index is 331. The van der Waals surface area contributed by atoms with E-state index in [1.54, 1.807) is 0 Å². The summed E-state index contributed by atoms with van der Waals surface area (Å²) in [5.41, 5.74) is 0. The Labute approximate surface area is 113 Å². The van der Waals surface area contributed by atoms with Gasteiger partial charge in [0.1, 0.15) is 6.04 Å². The average Bonchev–Trinajstić information content (AvgIpc) is 2.74. The van der Waals surface area contributed by atoms with E-state index in [0.717, 1.165) is 25.7 Å². The van der Waals surface area contributed by atoms with Crippen LogP contribution in [0.3, 0.4) is 0 Å². The molecule has 0 aromatic carbocycles.